The number of aliphatic hydroxyl groups excluding tert-OH is 3. The maximum absolute atomic E-state index is 9.52. The monoisotopic (exact) mass is 191 g/mol. The van der Waals surface area contributed by atoms with E-state index in [-0.39, 0.29) is 0 Å². The van der Waals surface area contributed by atoms with E-state index in [9.17, 15) is 15.3 Å². The molecule has 78 valence electrons. The van der Waals surface area contributed by atoms with Gasteiger partial charge in [-0.05, 0) is 13.3 Å². The third kappa shape index (κ3) is 1.70. The highest BCUT2D eigenvalue weighted by Crippen LogP contribution is 2.31. The van der Waals surface area contributed by atoms with Gasteiger partial charge >= 0.3 is 0 Å². The van der Waals surface area contributed by atoms with E-state index >= 15 is 0 Å². The Bertz CT molecular complexity index is 187. The van der Waals surface area contributed by atoms with Gasteiger partial charge in [0.05, 0.1) is 6.10 Å². The van der Waals surface area contributed by atoms with Crippen molar-refractivity contribution in [3.8, 4) is 0 Å². The van der Waals surface area contributed by atoms with Crippen LogP contribution in [-0.4, -0.2) is 45.5 Å². The first-order chi connectivity index (χ1) is 5.92. The lowest BCUT2D eigenvalue weighted by molar-refractivity contribution is -0.108. The Hall–Kier alpha value is -0.200. The van der Waals surface area contributed by atoms with Crippen LogP contribution in [0.2, 0.25) is 0 Å². The molecule has 0 radical (unpaired) electrons. The zero-order valence-corrected chi connectivity index (χ0v) is 7.84. The van der Waals surface area contributed by atoms with Crippen molar-refractivity contribution in [3.63, 3.8) is 0 Å². The third-order valence-electron chi connectivity index (χ3n) is 2.54. The van der Waals surface area contributed by atoms with Crippen LogP contribution in [0.3, 0.4) is 0 Å². The van der Waals surface area contributed by atoms with E-state index in [1.807, 2.05) is 0 Å². The summed E-state index contributed by atoms with van der Waals surface area (Å²) in [6.07, 6.45) is -3.53. The van der Waals surface area contributed by atoms with Crippen LogP contribution in [0.15, 0.2) is 0 Å². The molecule has 0 aromatic carbocycles. The average Bonchev–Trinajstić information content (AvgIpc) is 2.31. The number of hydrogen-bond donors (Lipinski definition) is 4. The van der Waals surface area contributed by atoms with Gasteiger partial charge in [-0.3, -0.25) is 0 Å². The van der Waals surface area contributed by atoms with Crippen LogP contribution in [0.4, 0.5) is 0 Å². The smallest absolute Gasteiger partial charge is 0.145 e. The van der Waals surface area contributed by atoms with Gasteiger partial charge in [-0.1, -0.05) is 6.92 Å². The molecule has 1 rings (SSSR count). The lowest BCUT2D eigenvalue weighted by atomic mass is 10.00. The summed E-state index contributed by atoms with van der Waals surface area (Å²) in [6, 6.07) is 0. The zero-order chi connectivity index (χ0) is 10.2. The van der Waals surface area contributed by atoms with Crippen molar-refractivity contribution >= 4 is 0 Å². The average molecular weight is 191 g/mol. The van der Waals surface area contributed by atoms with E-state index in [1.165, 1.54) is 6.92 Å². The Morgan fingerprint density at radius 1 is 1.54 bits per heavy atom. The van der Waals surface area contributed by atoms with Crippen molar-refractivity contribution in [1.82, 2.24) is 0 Å². The predicted molar refractivity (Wildman–Crippen MR) is 45.8 cm³/mol. The maximum atomic E-state index is 9.52. The largest absolute Gasteiger partial charge is 0.391 e. The summed E-state index contributed by atoms with van der Waals surface area (Å²) >= 11 is 0. The van der Waals surface area contributed by atoms with Crippen molar-refractivity contribution < 1.29 is 20.1 Å². The van der Waals surface area contributed by atoms with E-state index in [0.717, 1.165) is 0 Å². The minimum Gasteiger partial charge on any atom is -0.391 e. The molecular weight excluding hydrogens is 174 g/mol. The highest BCUT2D eigenvalue weighted by Gasteiger charge is 2.52. The normalized spacial score (nSPS) is 48.0. The lowest BCUT2D eigenvalue weighted by Gasteiger charge is -2.25. The standard InChI is InChI=1S/C8H17NO4/c1-3-8(9)7(12)5(11)6(13-8)4(2)10/h4-7,10-12H,3,9H2,1-2H3/t4-,5?,6-,7?,8+/m0/s1. The number of hydrogen-bond acceptors (Lipinski definition) is 5. The van der Waals surface area contributed by atoms with Gasteiger partial charge in [0.1, 0.15) is 24.0 Å². The van der Waals surface area contributed by atoms with Crippen molar-refractivity contribution in [2.45, 2.75) is 50.4 Å². The minimum absolute atomic E-state index is 0.383. The van der Waals surface area contributed by atoms with E-state index in [1.54, 1.807) is 6.92 Å². The molecule has 5 heteroatoms. The molecule has 5 nitrogen and oxygen atoms in total. The Balaban J connectivity index is 2.78. The molecule has 0 spiro atoms. The molecule has 0 amide bonds. The molecule has 13 heavy (non-hydrogen) atoms. The topological polar surface area (TPSA) is 95.9 Å². The summed E-state index contributed by atoms with van der Waals surface area (Å²) < 4.78 is 5.21. The second-order valence-electron chi connectivity index (χ2n) is 3.57. The molecule has 5 atom stereocenters. The number of rotatable bonds is 2. The lowest BCUT2D eigenvalue weighted by Crippen LogP contribution is -2.50. The van der Waals surface area contributed by atoms with Crippen molar-refractivity contribution in [2.24, 2.45) is 5.73 Å². The van der Waals surface area contributed by atoms with E-state index in [2.05, 4.69) is 0 Å². The zero-order valence-electron chi connectivity index (χ0n) is 7.84. The van der Waals surface area contributed by atoms with Crippen LogP contribution in [0.5, 0.6) is 0 Å². The highest BCUT2D eigenvalue weighted by atomic mass is 16.6. The van der Waals surface area contributed by atoms with Crippen molar-refractivity contribution in [2.75, 3.05) is 0 Å². The summed E-state index contributed by atoms with van der Waals surface area (Å²) in [4.78, 5) is 0. The fourth-order valence-electron chi connectivity index (χ4n) is 1.54. The van der Waals surface area contributed by atoms with Crippen LogP contribution < -0.4 is 5.73 Å². The van der Waals surface area contributed by atoms with Gasteiger partial charge in [-0.25, -0.2) is 0 Å². The maximum Gasteiger partial charge on any atom is 0.145 e. The molecule has 5 N–H and O–H groups in total. The molecule has 0 bridgehead atoms. The minimum atomic E-state index is -1.24. The Kier molecular flexibility index (Phi) is 2.94. The number of ether oxygens (including phenoxy) is 1. The summed E-state index contributed by atoms with van der Waals surface area (Å²) in [5.74, 6) is 0. The second kappa shape index (κ2) is 3.51. The molecule has 2 unspecified atom stereocenters. The summed E-state index contributed by atoms with van der Waals surface area (Å²) in [7, 11) is 0. The third-order valence-corrected chi connectivity index (χ3v) is 2.54. The Labute approximate surface area is 77.1 Å². The summed E-state index contributed by atoms with van der Waals surface area (Å²) in [5.41, 5.74) is 4.44. The van der Waals surface area contributed by atoms with Gasteiger partial charge < -0.3 is 25.8 Å². The quantitative estimate of drug-likeness (QED) is 0.428. The first kappa shape index (κ1) is 10.9. The van der Waals surface area contributed by atoms with Crippen LogP contribution >= 0.6 is 0 Å². The predicted octanol–water partition coefficient (Wildman–Crippen LogP) is -1.45. The SMILES string of the molecule is CC[C@@]1(N)O[C@@H]([C@H](C)O)C(O)C1O. The Morgan fingerprint density at radius 3 is 2.31 bits per heavy atom. The molecular formula is C8H17NO4. The molecule has 1 heterocycles. The molecule has 0 saturated carbocycles. The van der Waals surface area contributed by atoms with Gasteiger partial charge in [0.15, 0.2) is 0 Å². The van der Waals surface area contributed by atoms with Crippen LogP contribution in [-0.2, 0) is 4.74 Å². The van der Waals surface area contributed by atoms with Crippen LogP contribution in [0.25, 0.3) is 0 Å². The summed E-state index contributed by atoms with van der Waals surface area (Å²) in [6.45, 7) is 3.24. The summed E-state index contributed by atoms with van der Waals surface area (Å²) in [5, 5.41) is 28.2. The van der Waals surface area contributed by atoms with Gasteiger partial charge in [-0.2, -0.15) is 0 Å². The molecule has 1 aliphatic rings. The Morgan fingerprint density at radius 2 is 2.08 bits per heavy atom. The second-order valence-corrected chi connectivity index (χ2v) is 3.57. The molecule has 0 aromatic heterocycles. The fraction of sp³-hybridized carbons (Fsp3) is 1.00. The van der Waals surface area contributed by atoms with Gasteiger partial charge in [0.25, 0.3) is 0 Å². The van der Waals surface area contributed by atoms with Crippen LogP contribution in [0, 0.1) is 0 Å². The number of aliphatic hydroxyl groups is 3. The molecule has 1 fully saturated rings. The molecule has 1 aliphatic heterocycles. The van der Waals surface area contributed by atoms with Gasteiger partial charge in [-0.15, -0.1) is 0 Å². The van der Waals surface area contributed by atoms with E-state index < -0.39 is 30.1 Å². The van der Waals surface area contributed by atoms with Crippen LogP contribution in [0.1, 0.15) is 20.3 Å². The first-order valence-corrected chi connectivity index (χ1v) is 4.43. The highest BCUT2D eigenvalue weighted by molar-refractivity contribution is 4.99. The first-order valence-electron chi connectivity index (χ1n) is 4.43. The van der Waals surface area contributed by atoms with Gasteiger partial charge in [0, 0.05) is 0 Å². The van der Waals surface area contributed by atoms with Gasteiger partial charge in [0.2, 0.25) is 0 Å². The van der Waals surface area contributed by atoms with E-state index in [4.69, 9.17) is 10.5 Å². The molecule has 0 aromatic rings. The fourth-order valence-corrected chi connectivity index (χ4v) is 1.54. The number of nitrogens with two attached hydrogens (primary N) is 1. The van der Waals surface area contributed by atoms with Crippen molar-refractivity contribution in [3.05, 3.63) is 0 Å². The van der Waals surface area contributed by atoms with Crippen molar-refractivity contribution in [1.29, 1.82) is 0 Å². The van der Waals surface area contributed by atoms with E-state index in [0.29, 0.717) is 6.42 Å². The molecule has 1 saturated heterocycles. The molecule has 0 aliphatic carbocycles.